The molecule has 4 nitrogen and oxygen atoms in total. The van der Waals surface area contributed by atoms with Crippen molar-refractivity contribution >= 4 is 24.0 Å². The number of pyridine rings is 1. The van der Waals surface area contributed by atoms with Gasteiger partial charge >= 0.3 is 6.98 Å². The summed E-state index contributed by atoms with van der Waals surface area (Å²) >= 11 is 0. The van der Waals surface area contributed by atoms with Gasteiger partial charge in [0.1, 0.15) is 11.5 Å². The SMILES string of the molecule is Fc1ccc(B2N=C(c3ccccn3)NN2c2ccccc2)cc1. The van der Waals surface area contributed by atoms with E-state index < -0.39 is 0 Å². The Balaban J connectivity index is 1.75. The van der Waals surface area contributed by atoms with Crippen LogP contribution in [0.4, 0.5) is 10.1 Å². The second-order valence-electron chi connectivity index (χ2n) is 5.44. The topological polar surface area (TPSA) is 40.5 Å². The van der Waals surface area contributed by atoms with Crippen LogP contribution in [0.25, 0.3) is 0 Å². The van der Waals surface area contributed by atoms with Crippen LogP contribution in [-0.4, -0.2) is 17.8 Å². The molecule has 3 aromatic rings. The fraction of sp³-hybridized carbons (Fsp3) is 0. The molecule has 0 fully saturated rings. The molecule has 6 heteroatoms. The Morgan fingerprint density at radius 3 is 2.33 bits per heavy atom. The van der Waals surface area contributed by atoms with Crippen LogP contribution in [0.5, 0.6) is 0 Å². The van der Waals surface area contributed by atoms with Gasteiger partial charge in [-0.05, 0) is 41.9 Å². The molecule has 0 saturated heterocycles. The lowest BCUT2D eigenvalue weighted by Gasteiger charge is -2.23. The van der Waals surface area contributed by atoms with Crippen LogP contribution >= 0.6 is 0 Å². The standard InChI is InChI=1S/C18H14BFN4/c20-15-11-9-14(10-12-15)19-22-18(17-8-4-5-13-21-17)23-24(19)16-6-2-1-3-7-16/h1-13H,(H,22,23). The summed E-state index contributed by atoms with van der Waals surface area (Å²) in [4.78, 5) is 11.1. The monoisotopic (exact) mass is 316 g/mol. The first-order chi connectivity index (χ1) is 11.8. The Hall–Kier alpha value is -3.15. The van der Waals surface area contributed by atoms with Crippen molar-refractivity contribution in [2.75, 3.05) is 4.92 Å². The van der Waals surface area contributed by atoms with Gasteiger partial charge in [-0.3, -0.25) is 15.3 Å². The van der Waals surface area contributed by atoms with Crippen molar-refractivity contribution in [3.05, 3.63) is 90.5 Å². The van der Waals surface area contributed by atoms with Crippen molar-refractivity contribution in [1.29, 1.82) is 0 Å². The lowest BCUT2D eigenvalue weighted by Crippen LogP contribution is -2.50. The molecule has 0 spiro atoms. The van der Waals surface area contributed by atoms with Crippen LogP contribution in [0.1, 0.15) is 5.69 Å². The predicted molar refractivity (Wildman–Crippen MR) is 94.6 cm³/mol. The second kappa shape index (κ2) is 6.16. The molecule has 4 rings (SSSR count). The van der Waals surface area contributed by atoms with Gasteiger partial charge in [0.15, 0.2) is 5.84 Å². The summed E-state index contributed by atoms with van der Waals surface area (Å²) in [6, 6.07) is 22.0. The summed E-state index contributed by atoms with van der Waals surface area (Å²) in [5, 5.41) is 0. The molecule has 0 saturated carbocycles. The Morgan fingerprint density at radius 1 is 0.875 bits per heavy atom. The van der Waals surface area contributed by atoms with Crippen LogP contribution in [0.3, 0.4) is 0 Å². The molecule has 24 heavy (non-hydrogen) atoms. The highest BCUT2D eigenvalue weighted by molar-refractivity contribution is 6.77. The van der Waals surface area contributed by atoms with E-state index in [0.717, 1.165) is 16.8 Å². The van der Waals surface area contributed by atoms with Gasteiger partial charge < -0.3 is 4.92 Å². The quantitative estimate of drug-likeness (QED) is 0.754. The number of halogens is 1. The third-order valence-corrected chi connectivity index (χ3v) is 3.83. The van der Waals surface area contributed by atoms with Crippen LogP contribution in [0.15, 0.2) is 83.9 Å². The van der Waals surface area contributed by atoms with Crippen molar-refractivity contribution in [1.82, 2.24) is 10.4 Å². The van der Waals surface area contributed by atoms with Crippen LogP contribution < -0.4 is 15.8 Å². The van der Waals surface area contributed by atoms with Gasteiger partial charge in [0.05, 0.1) is 0 Å². The Labute approximate surface area is 139 Å². The number of anilines is 1. The Bertz CT molecular complexity index is 853. The minimum absolute atomic E-state index is 0.259. The maximum Gasteiger partial charge on any atom is 0.451 e. The number of rotatable bonds is 3. The lowest BCUT2D eigenvalue weighted by atomic mass is 9.68. The van der Waals surface area contributed by atoms with Crippen molar-refractivity contribution < 1.29 is 4.39 Å². The third-order valence-electron chi connectivity index (χ3n) is 3.83. The van der Waals surface area contributed by atoms with Crippen molar-refractivity contribution in [3.63, 3.8) is 0 Å². The van der Waals surface area contributed by atoms with Crippen molar-refractivity contribution in [2.24, 2.45) is 4.90 Å². The van der Waals surface area contributed by atoms with Crippen molar-refractivity contribution in [3.8, 4) is 0 Å². The maximum absolute atomic E-state index is 13.3. The molecule has 2 heterocycles. The zero-order chi connectivity index (χ0) is 16.4. The van der Waals surface area contributed by atoms with Gasteiger partial charge in [-0.15, -0.1) is 0 Å². The largest absolute Gasteiger partial charge is 0.451 e. The van der Waals surface area contributed by atoms with Gasteiger partial charge in [0.2, 0.25) is 0 Å². The molecule has 0 radical (unpaired) electrons. The zero-order valence-electron chi connectivity index (χ0n) is 12.8. The Kier molecular flexibility index (Phi) is 3.71. The summed E-state index contributed by atoms with van der Waals surface area (Å²) in [6.45, 7) is -0.287. The fourth-order valence-corrected chi connectivity index (χ4v) is 2.66. The first kappa shape index (κ1) is 14.4. The van der Waals surface area contributed by atoms with Gasteiger partial charge in [0, 0.05) is 11.9 Å². The van der Waals surface area contributed by atoms with E-state index in [-0.39, 0.29) is 12.8 Å². The highest BCUT2D eigenvalue weighted by Gasteiger charge is 2.34. The lowest BCUT2D eigenvalue weighted by molar-refractivity contribution is 0.628. The number of hydrogen-bond acceptors (Lipinski definition) is 4. The summed E-state index contributed by atoms with van der Waals surface area (Å²) in [7, 11) is 0. The van der Waals surface area contributed by atoms with Crippen LogP contribution in [0, 0.1) is 5.82 Å². The third kappa shape index (κ3) is 2.74. The van der Waals surface area contributed by atoms with E-state index in [0.29, 0.717) is 5.84 Å². The van der Waals surface area contributed by atoms with E-state index >= 15 is 0 Å². The van der Waals surface area contributed by atoms with E-state index in [1.54, 1.807) is 18.3 Å². The van der Waals surface area contributed by atoms with Crippen LogP contribution in [0.2, 0.25) is 0 Å². The molecular formula is C18H14BFN4. The second-order valence-corrected chi connectivity index (χ2v) is 5.44. The van der Waals surface area contributed by atoms with Crippen LogP contribution in [-0.2, 0) is 0 Å². The van der Waals surface area contributed by atoms with Gasteiger partial charge in [-0.1, -0.05) is 36.4 Å². The number of amidine groups is 1. The smallest absolute Gasteiger partial charge is 0.300 e. The summed E-state index contributed by atoms with van der Waals surface area (Å²) in [5.41, 5.74) is 5.96. The molecule has 0 amide bonds. The number of para-hydroxylation sites is 1. The average Bonchev–Trinajstić information content (AvgIpc) is 3.09. The summed E-state index contributed by atoms with van der Waals surface area (Å²) < 4.78 is 13.3. The van der Waals surface area contributed by atoms with Gasteiger partial charge in [-0.25, -0.2) is 4.39 Å². The molecule has 0 unspecified atom stereocenters. The number of nitrogens with one attached hydrogen (secondary N) is 1. The van der Waals surface area contributed by atoms with E-state index in [2.05, 4.69) is 10.4 Å². The molecule has 0 atom stereocenters. The zero-order valence-corrected chi connectivity index (χ0v) is 12.8. The number of aromatic nitrogens is 1. The van der Waals surface area contributed by atoms with Gasteiger partial charge in [-0.2, -0.15) is 0 Å². The van der Waals surface area contributed by atoms with E-state index in [1.165, 1.54) is 12.1 Å². The van der Waals surface area contributed by atoms with Gasteiger partial charge in [0.25, 0.3) is 0 Å². The first-order valence-corrected chi connectivity index (χ1v) is 7.67. The minimum atomic E-state index is -0.287. The van der Waals surface area contributed by atoms with Crippen molar-refractivity contribution in [2.45, 2.75) is 0 Å². The molecule has 116 valence electrons. The van der Waals surface area contributed by atoms with E-state index in [9.17, 15) is 4.39 Å². The molecular weight excluding hydrogens is 302 g/mol. The maximum atomic E-state index is 13.3. The molecule has 1 aliphatic rings. The number of nitrogens with zero attached hydrogens (tertiary/aromatic N) is 3. The molecule has 1 aromatic heterocycles. The Morgan fingerprint density at radius 2 is 1.62 bits per heavy atom. The normalized spacial score (nSPS) is 13.6. The fourth-order valence-electron chi connectivity index (χ4n) is 2.66. The summed E-state index contributed by atoms with van der Waals surface area (Å²) in [5.74, 6) is 0.429. The minimum Gasteiger partial charge on any atom is -0.300 e. The highest BCUT2D eigenvalue weighted by atomic mass is 19.1. The highest BCUT2D eigenvalue weighted by Crippen LogP contribution is 2.18. The number of hydrogen-bond donors (Lipinski definition) is 1. The molecule has 2 aromatic carbocycles. The number of hydrazine groups is 1. The van der Waals surface area contributed by atoms with E-state index in [4.69, 9.17) is 4.90 Å². The average molecular weight is 316 g/mol. The molecule has 0 aliphatic carbocycles. The predicted octanol–water partition coefficient (Wildman–Crippen LogP) is 2.39. The molecule has 1 aliphatic heterocycles. The molecule has 0 bridgehead atoms. The first-order valence-electron chi connectivity index (χ1n) is 7.67. The number of benzene rings is 2. The molecule has 1 N–H and O–H groups in total. The van der Waals surface area contributed by atoms with E-state index in [1.807, 2.05) is 53.5 Å². The summed E-state index contributed by atoms with van der Waals surface area (Å²) in [6.07, 6.45) is 1.73.